The highest BCUT2D eigenvalue weighted by molar-refractivity contribution is 9.10. The third kappa shape index (κ3) is 5.37. The Bertz CT molecular complexity index is 644. The van der Waals surface area contributed by atoms with E-state index in [2.05, 4.69) is 21.2 Å². The van der Waals surface area contributed by atoms with Crippen molar-refractivity contribution in [3.05, 3.63) is 64.1 Å². The van der Waals surface area contributed by atoms with Crippen LogP contribution in [0.2, 0.25) is 0 Å². The second-order valence-electron chi connectivity index (χ2n) is 5.47. The zero-order valence-corrected chi connectivity index (χ0v) is 14.7. The van der Waals surface area contributed by atoms with Gasteiger partial charge in [-0.3, -0.25) is 4.79 Å². The average molecular weight is 377 g/mol. The summed E-state index contributed by atoms with van der Waals surface area (Å²) in [6.45, 7) is 3.60. The lowest BCUT2D eigenvalue weighted by Gasteiger charge is -2.11. The summed E-state index contributed by atoms with van der Waals surface area (Å²) in [5.74, 6) is 0.990. The second-order valence-corrected chi connectivity index (χ2v) is 6.32. The number of hydrogen-bond acceptors (Lipinski definition) is 3. The van der Waals surface area contributed by atoms with Crippen molar-refractivity contribution in [3.8, 4) is 5.75 Å². The van der Waals surface area contributed by atoms with Crippen molar-refractivity contribution in [1.82, 2.24) is 5.32 Å². The molecule has 5 heteroatoms. The Hall–Kier alpha value is -1.85. The van der Waals surface area contributed by atoms with E-state index >= 15 is 0 Å². The Morgan fingerprint density at radius 3 is 2.57 bits per heavy atom. The standard InChI is InChI=1S/C18H21BrN2O2/c1-13(10-20)11-21-18(22)15-8-6-14(7-9-15)12-23-17-5-3-2-4-16(17)19/h2-9,13H,10-12,20H2,1H3,(H,21,22). The van der Waals surface area contributed by atoms with Gasteiger partial charge in [0.15, 0.2) is 0 Å². The third-order valence-corrected chi connectivity index (χ3v) is 4.12. The van der Waals surface area contributed by atoms with Gasteiger partial charge in [0.05, 0.1) is 4.47 Å². The summed E-state index contributed by atoms with van der Waals surface area (Å²) < 4.78 is 6.68. The highest BCUT2D eigenvalue weighted by Gasteiger charge is 2.07. The Kier molecular flexibility index (Phi) is 6.62. The minimum Gasteiger partial charge on any atom is -0.488 e. The normalized spacial score (nSPS) is 11.8. The molecule has 4 nitrogen and oxygen atoms in total. The summed E-state index contributed by atoms with van der Waals surface area (Å²) >= 11 is 3.45. The van der Waals surface area contributed by atoms with Crippen LogP contribution in [0, 0.1) is 5.92 Å². The number of para-hydroxylation sites is 1. The topological polar surface area (TPSA) is 64.3 Å². The number of nitrogens with two attached hydrogens (primary N) is 1. The molecule has 0 heterocycles. The van der Waals surface area contributed by atoms with E-state index in [0.29, 0.717) is 25.3 Å². The molecule has 2 aromatic rings. The van der Waals surface area contributed by atoms with Crippen molar-refractivity contribution in [3.63, 3.8) is 0 Å². The molecule has 0 fully saturated rings. The monoisotopic (exact) mass is 376 g/mol. The van der Waals surface area contributed by atoms with Crippen LogP contribution >= 0.6 is 15.9 Å². The maximum Gasteiger partial charge on any atom is 0.251 e. The van der Waals surface area contributed by atoms with Crippen LogP contribution in [0.15, 0.2) is 53.0 Å². The first-order chi connectivity index (χ1) is 11.1. The van der Waals surface area contributed by atoms with Gasteiger partial charge in [0.25, 0.3) is 5.91 Å². The number of carbonyl (C=O) groups is 1. The molecule has 1 unspecified atom stereocenters. The lowest BCUT2D eigenvalue weighted by molar-refractivity contribution is 0.0948. The van der Waals surface area contributed by atoms with E-state index in [-0.39, 0.29) is 11.8 Å². The zero-order chi connectivity index (χ0) is 16.7. The van der Waals surface area contributed by atoms with Gasteiger partial charge < -0.3 is 15.8 Å². The van der Waals surface area contributed by atoms with Gasteiger partial charge in [0.2, 0.25) is 0 Å². The molecule has 23 heavy (non-hydrogen) atoms. The molecule has 1 amide bonds. The van der Waals surface area contributed by atoms with Crippen molar-refractivity contribution in [2.24, 2.45) is 11.7 Å². The number of ether oxygens (including phenoxy) is 1. The molecule has 2 aromatic carbocycles. The number of hydrogen-bond donors (Lipinski definition) is 2. The average Bonchev–Trinajstić information content (AvgIpc) is 2.59. The Balaban J connectivity index is 1.89. The van der Waals surface area contributed by atoms with Crippen LogP contribution in [0.25, 0.3) is 0 Å². The summed E-state index contributed by atoms with van der Waals surface area (Å²) in [6, 6.07) is 15.1. The van der Waals surface area contributed by atoms with Crippen LogP contribution in [0.5, 0.6) is 5.75 Å². The van der Waals surface area contributed by atoms with Gasteiger partial charge in [-0.25, -0.2) is 0 Å². The highest BCUT2D eigenvalue weighted by Crippen LogP contribution is 2.24. The fourth-order valence-corrected chi connectivity index (χ4v) is 2.33. The van der Waals surface area contributed by atoms with E-state index in [1.54, 1.807) is 12.1 Å². The SMILES string of the molecule is CC(CN)CNC(=O)c1ccc(COc2ccccc2Br)cc1. The molecule has 0 saturated heterocycles. The molecule has 0 aliphatic carbocycles. The molecule has 1 atom stereocenters. The molecule has 0 saturated carbocycles. The molecule has 0 aliphatic heterocycles. The van der Waals surface area contributed by atoms with Crippen LogP contribution in [0.1, 0.15) is 22.8 Å². The summed E-state index contributed by atoms with van der Waals surface area (Å²) in [5.41, 5.74) is 7.19. The van der Waals surface area contributed by atoms with Gasteiger partial charge in [-0.2, -0.15) is 0 Å². The first kappa shape index (κ1) is 17.5. The molecule has 0 aromatic heterocycles. The quantitative estimate of drug-likeness (QED) is 0.778. The highest BCUT2D eigenvalue weighted by atomic mass is 79.9. The van der Waals surface area contributed by atoms with Crippen molar-refractivity contribution in [2.45, 2.75) is 13.5 Å². The van der Waals surface area contributed by atoms with E-state index in [1.807, 2.05) is 43.3 Å². The largest absolute Gasteiger partial charge is 0.488 e. The first-order valence-corrected chi connectivity index (χ1v) is 8.34. The van der Waals surface area contributed by atoms with Gasteiger partial charge in [-0.1, -0.05) is 31.2 Å². The van der Waals surface area contributed by atoms with Crippen molar-refractivity contribution in [2.75, 3.05) is 13.1 Å². The molecule has 0 aliphatic rings. The van der Waals surface area contributed by atoms with E-state index in [1.165, 1.54) is 0 Å². The van der Waals surface area contributed by atoms with E-state index in [4.69, 9.17) is 10.5 Å². The predicted octanol–water partition coefficient (Wildman–Crippen LogP) is 3.35. The van der Waals surface area contributed by atoms with Gasteiger partial charge in [0, 0.05) is 12.1 Å². The summed E-state index contributed by atoms with van der Waals surface area (Å²) in [7, 11) is 0. The number of benzene rings is 2. The van der Waals surface area contributed by atoms with Crippen LogP contribution in [0.4, 0.5) is 0 Å². The molecular weight excluding hydrogens is 356 g/mol. The van der Waals surface area contributed by atoms with Gasteiger partial charge in [-0.15, -0.1) is 0 Å². The summed E-state index contributed by atoms with van der Waals surface area (Å²) in [6.07, 6.45) is 0. The Morgan fingerprint density at radius 1 is 1.22 bits per heavy atom. The van der Waals surface area contributed by atoms with Crippen LogP contribution in [0.3, 0.4) is 0 Å². The molecular formula is C18H21BrN2O2. The van der Waals surface area contributed by atoms with Crippen molar-refractivity contribution in [1.29, 1.82) is 0 Å². The number of halogens is 1. The van der Waals surface area contributed by atoms with Crippen LogP contribution < -0.4 is 15.8 Å². The summed E-state index contributed by atoms with van der Waals surface area (Å²) in [4.78, 5) is 12.0. The first-order valence-electron chi connectivity index (χ1n) is 7.54. The van der Waals surface area contributed by atoms with E-state index < -0.39 is 0 Å². The molecule has 0 radical (unpaired) electrons. The minimum atomic E-state index is -0.0800. The minimum absolute atomic E-state index is 0.0800. The van der Waals surface area contributed by atoms with Crippen molar-refractivity contribution >= 4 is 21.8 Å². The number of carbonyl (C=O) groups excluding carboxylic acids is 1. The summed E-state index contributed by atoms with van der Waals surface area (Å²) in [5, 5.41) is 2.88. The zero-order valence-electron chi connectivity index (χ0n) is 13.1. The fraction of sp³-hybridized carbons (Fsp3) is 0.278. The van der Waals surface area contributed by atoms with Crippen LogP contribution in [-0.2, 0) is 6.61 Å². The molecule has 3 N–H and O–H groups in total. The van der Waals surface area contributed by atoms with Gasteiger partial charge >= 0.3 is 0 Å². The third-order valence-electron chi connectivity index (χ3n) is 3.46. The fourth-order valence-electron chi connectivity index (χ4n) is 1.93. The number of amides is 1. The smallest absolute Gasteiger partial charge is 0.251 e. The predicted molar refractivity (Wildman–Crippen MR) is 95.5 cm³/mol. The molecule has 0 bridgehead atoms. The Morgan fingerprint density at radius 2 is 1.91 bits per heavy atom. The lowest BCUT2D eigenvalue weighted by Crippen LogP contribution is -2.31. The maximum atomic E-state index is 12.0. The molecule has 0 spiro atoms. The maximum absolute atomic E-state index is 12.0. The Labute approximate surface area is 145 Å². The lowest BCUT2D eigenvalue weighted by atomic mass is 10.1. The van der Waals surface area contributed by atoms with Gasteiger partial charge in [0.1, 0.15) is 12.4 Å². The number of nitrogens with one attached hydrogen (secondary N) is 1. The molecule has 122 valence electrons. The van der Waals surface area contributed by atoms with Crippen molar-refractivity contribution < 1.29 is 9.53 Å². The number of rotatable bonds is 7. The van der Waals surface area contributed by atoms with E-state index in [0.717, 1.165) is 15.8 Å². The van der Waals surface area contributed by atoms with Crippen LogP contribution in [-0.4, -0.2) is 19.0 Å². The van der Waals surface area contributed by atoms with E-state index in [9.17, 15) is 4.79 Å². The molecule has 2 rings (SSSR count). The second kappa shape index (κ2) is 8.70. The van der Waals surface area contributed by atoms with Gasteiger partial charge in [-0.05, 0) is 58.2 Å².